The second-order valence-corrected chi connectivity index (χ2v) is 4.46. The molecule has 90 valence electrons. The first kappa shape index (κ1) is 12.1. The van der Waals surface area contributed by atoms with E-state index in [4.69, 9.17) is 5.26 Å². The zero-order valence-electron chi connectivity index (χ0n) is 10.5. The average molecular weight is 238 g/mol. The number of nitriles is 1. The molecule has 2 aromatic rings. The van der Waals surface area contributed by atoms with Crippen molar-refractivity contribution in [3.05, 3.63) is 69.1 Å². The minimum atomic E-state index is -0.237. The molecule has 0 amide bonds. The minimum Gasteiger partial charge on any atom is -0.310 e. The highest BCUT2D eigenvalue weighted by Crippen LogP contribution is 2.09. The van der Waals surface area contributed by atoms with E-state index in [9.17, 15) is 4.79 Å². The number of hydrogen-bond acceptors (Lipinski definition) is 2. The molecule has 18 heavy (non-hydrogen) atoms. The van der Waals surface area contributed by atoms with Gasteiger partial charge >= 0.3 is 0 Å². The van der Waals surface area contributed by atoms with Gasteiger partial charge in [-0.1, -0.05) is 29.3 Å². The lowest BCUT2D eigenvalue weighted by molar-refractivity contribution is 0.755. The lowest BCUT2D eigenvalue weighted by Crippen LogP contribution is -2.22. The number of nitrogens with zero attached hydrogens (tertiary/aromatic N) is 2. The van der Waals surface area contributed by atoms with Crippen molar-refractivity contribution in [1.82, 2.24) is 4.57 Å². The van der Waals surface area contributed by atoms with Crippen LogP contribution in [0.1, 0.15) is 22.3 Å². The van der Waals surface area contributed by atoms with Crippen molar-refractivity contribution in [1.29, 1.82) is 5.26 Å². The van der Waals surface area contributed by atoms with Crippen molar-refractivity contribution >= 4 is 0 Å². The van der Waals surface area contributed by atoms with Crippen molar-refractivity contribution in [2.45, 2.75) is 20.4 Å². The molecule has 0 aliphatic heterocycles. The first-order chi connectivity index (χ1) is 8.60. The molecule has 0 aliphatic rings. The molecule has 0 unspecified atom stereocenters. The van der Waals surface area contributed by atoms with Crippen molar-refractivity contribution in [3.63, 3.8) is 0 Å². The fourth-order valence-electron chi connectivity index (χ4n) is 2.10. The van der Waals surface area contributed by atoms with Gasteiger partial charge in [0.05, 0.1) is 6.54 Å². The van der Waals surface area contributed by atoms with Crippen LogP contribution in [0.4, 0.5) is 0 Å². The zero-order chi connectivity index (χ0) is 13.1. The summed E-state index contributed by atoms with van der Waals surface area (Å²) in [5.74, 6) is 0. The van der Waals surface area contributed by atoms with Crippen LogP contribution in [-0.2, 0) is 6.54 Å². The van der Waals surface area contributed by atoms with E-state index < -0.39 is 0 Å². The van der Waals surface area contributed by atoms with E-state index in [2.05, 4.69) is 18.2 Å². The van der Waals surface area contributed by atoms with E-state index >= 15 is 0 Å². The fraction of sp³-hybridized carbons (Fsp3) is 0.200. The summed E-state index contributed by atoms with van der Waals surface area (Å²) in [7, 11) is 0. The molecule has 1 heterocycles. The first-order valence-corrected chi connectivity index (χ1v) is 5.77. The van der Waals surface area contributed by atoms with Crippen LogP contribution in [0.2, 0.25) is 0 Å². The van der Waals surface area contributed by atoms with Crippen LogP contribution < -0.4 is 5.56 Å². The predicted molar refractivity (Wildman–Crippen MR) is 70.4 cm³/mol. The van der Waals surface area contributed by atoms with Crippen LogP contribution in [0.25, 0.3) is 0 Å². The van der Waals surface area contributed by atoms with Gasteiger partial charge in [-0.05, 0) is 31.5 Å². The van der Waals surface area contributed by atoms with E-state index in [0.29, 0.717) is 6.54 Å². The maximum atomic E-state index is 11.9. The van der Waals surface area contributed by atoms with Crippen LogP contribution in [0.3, 0.4) is 0 Å². The SMILES string of the molecule is Cc1cc(C)cc(Cn2cccc(C#N)c2=O)c1. The standard InChI is InChI=1S/C15H14N2O/c1-11-6-12(2)8-13(7-11)10-17-5-3-4-14(9-16)15(17)18/h3-8H,10H2,1-2H3. The van der Waals surface area contributed by atoms with Crippen LogP contribution in [0.15, 0.2) is 41.3 Å². The number of pyridine rings is 1. The van der Waals surface area contributed by atoms with Gasteiger partial charge in [0.1, 0.15) is 11.6 Å². The van der Waals surface area contributed by atoms with Gasteiger partial charge in [-0.15, -0.1) is 0 Å². The van der Waals surface area contributed by atoms with E-state index in [-0.39, 0.29) is 11.1 Å². The third-order valence-corrected chi connectivity index (χ3v) is 2.78. The second kappa shape index (κ2) is 4.89. The van der Waals surface area contributed by atoms with E-state index in [1.54, 1.807) is 22.9 Å². The molecule has 1 aromatic carbocycles. The van der Waals surface area contributed by atoms with Crippen LogP contribution in [-0.4, -0.2) is 4.57 Å². The Hall–Kier alpha value is -2.34. The molecule has 0 N–H and O–H groups in total. The highest BCUT2D eigenvalue weighted by Gasteiger charge is 2.03. The average Bonchev–Trinajstić information content (AvgIpc) is 2.30. The van der Waals surface area contributed by atoms with E-state index in [1.165, 1.54) is 11.1 Å². The monoisotopic (exact) mass is 238 g/mol. The Balaban J connectivity index is 2.41. The lowest BCUT2D eigenvalue weighted by Gasteiger charge is -2.08. The summed E-state index contributed by atoms with van der Waals surface area (Å²) in [6, 6.07) is 11.4. The summed E-state index contributed by atoms with van der Waals surface area (Å²) >= 11 is 0. The topological polar surface area (TPSA) is 45.8 Å². The molecule has 1 aromatic heterocycles. The predicted octanol–water partition coefficient (Wildman–Crippen LogP) is 2.39. The summed E-state index contributed by atoms with van der Waals surface area (Å²) in [6.45, 7) is 4.56. The van der Waals surface area contributed by atoms with E-state index in [1.807, 2.05) is 19.9 Å². The van der Waals surface area contributed by atoms with Crippen molar-refractivity contribution < 1.29 is 0 Å². The largest absolute Gasteiger partial charge is 0.310 e. The summed E-state index contributed by atoms with van der Waals surface area (Å²) in [6.07, 6.45) is 1.71. The van der Waals surface area contributed by atoms with Crippen LogP contribution >= 0.6 is 0 Å². The highest BCUT2D eigenvalue weighted by atomic mass is 16.1. The van der Waals surface area contributed by atoms with Crippen molar-refractivity contribution in [2.75, 3.05) is 0 Å². The number of aryl methyl sites for hydroxylation is 2. The Morgan fingerprint density at radius 3 is 2.50 bits per heavy atom. The maximum Gasteiger partial charge on any atom is 0.268 e. The highest BCUT2D eigenvalue weighted by molar-refractivity contribution is 5.30. The van der Waals surface area contributed by atoms with Crippen molar-refractivity contribution in [2.24, 2.45) is 0 Å². The summed E-state index contributed by atoms with van der Waals surface area (Å²) in [4.78, 5) is 11.9. The molecule has 0 saturated heterocycles. The Bertz CT molecular complexity index is 657. The first-order valence-electron chi connectivity index (χ1n) is 5.77. The molecule has 0 fully saturated rings. The normalized spacial score (nSPS) is 10.1. The van der Waals surface area contributed by atoms with Crippen LogP contribution in [0, 0.1) is 25.2 Å². The summed E-state index contributed by atoms with van der Waals surface area (Å²) < 4.78 is 1.56. The van der Waals surface area contributed by atoms with Gasteiger partial charge in [0.2, 0.25) is 0 Å². The van der Waals surface area contributed by atoms with Gasteiger partial charge in [0.25, 0.3) is 5.56 Å². The molecule has 3 nitrogen and oxygen atoms in total. The van der Waals surface area contributed by atoms with Gasteiger partial charge < -0.3 is 4.57 Å². The Morgan fingerprint density at radius 1 is 1.22 bits per heavy atom. The van der Waals surface area contributed by atoms with Gasteiger partial charge in [0.15, 0.2) is 0 Å². The smallest absolute Gasteiger partial charge is 0.268 e. The summed E-state index contributed by atoms with van der Waals surface area (Å²) in [5.41, 5.74) is 3.37. The van der Waals surface area contributed by atoms with Gasteiger partial charge in [-0.2, -0.15) is 5.26 Å². The number of rotatable bonds is 2. The van der Waals surface area contributed by atoms with Gasteiger partial charge in [-0.25, -0.2) is 0 Å². The third kappa shape index (κ3) is 2.49. The molecule has 0 aliphatic carbocycles. The van der Waals surface area contributed by atoms with Crippen molar-refractivity contribution in [3.8, 4) is 6.07 Å². The number of aromatic nitrogens is 1. The molecule has 0 saturated carbocycles. The lowest BCUT2D eigenvalue weighted by atomic mass is 10.1. The Labute approximate surface area is 106 Å². The Morgan fingerprint density at radius 2 is 1.89 bits per heavy atom. The maximum absolute atomic E-state index is 11.9. The summed E-state index contributed by atoms with van der Waals surface area (Å²) in [5, 5.41) is 8.83. The fourth-order valence-corrected chi connectivity index (χ4v) is 2.10. The molecular weight excluding hydrogens is 224 g/mol. The third-order valence-electron chi connectivity index (χ3n) is 2.78. The molecule has 0 bridgehead atoms. The second-order valence-electron chi connectivity index (χ2n) is 4.46. The zero-order valence-corrected chi connectivity index (χ0v) is 10.5. The molecule has 0 atom stereocenters. The molecular formula is C15H14N2O. The minimum absolute atomic E-state index is 0.182. The molecule has 0 spiro atoms. The van der Waals surface area contributed by atoms with E-state index in [0.717, 1.165) is 5.56 Å². The quantitative estimate of drug-likeness (QED) is 0.806. The van der Waals surface area contributed by atoms with Gasteiger partial charge in [0, 0.05) is 6.20 Å². The van der Waals surface area contributed by atoms with Gasteiger partial charge in [-0.3, -0.25) is 4.79 Å². The number of benzene rings is 1. The molecule has 2 rings (SSSR count). The number of hydrogen-bond donors (Lipinski definition) is 0. The van der Waals surface area contributed by atoms with Crippen LogP contribution in [0.5, 0.6) is 0 Å². The molecule has 0 radical (unpaired) electrons. The molecule has 3 heteroatoms. The Kier molecular flexibility index (Phi) is 3.29.